The zero-order valence-corrected chi connectivity index (χ0v) is 17.0. The Morgan fingerprint density at radius 2 is 1.38 bits per heavy atom. The molecule has 1 atom stereocenters. The van der Waals surface area contributed by atoms with Crippen LogP contribution in [-0.2, 0) is 5.60 Å². The van der Waals surface area contributed by atoms with Crippen LogP contribution in [0.2, 0.25) is 0 Å². The Kier molecular flexibility index (Phi) is 5.58. The summed E-state index contributed by atoms with van der Waals surface area (Å²) in [6.07, 6.45) is -4.73. The highest BCUT2D eigenvalue weighted by atomic mass is 19.4. The Labute approximate surface area is 168 Å². The van der Waals surface area contributed by atoms with Gasteiger partial charge in [0.05, 0.1) is 6.10 Å². The van der Waals surface area contributed by atoms with Crippen LogP contribution in [0.5, 0.6) is 11.5 Å². The van der Waals surface area contributed by atoms with Crippen LogP contribution in [0.15, 0.2) is 48.5 Å². The molecule has 7 heteroatoms. The molecular weight excluding hydrogens is 383 g/mol. The summed E-state index contributed by atoms with van der Waals surface area (Å²) in [5.41, 5.74) is -0.713. The van der Waals surface area contributed by atoms with Crippen LogP contribution in [0.4, 0.5) is 13.2 Å². The molecule has 4 nitrogen and oxygen atoms in total. The lowest BCUT2D eigenvalue weighted by Crippen LogP contribution is -2.63. The average molecular weight is 409 g/mol. The molecule has 2 aromatic carbocycles. The maximum Gasteiger partial charge on any atom is 0.573 e. The van der Waals surface area contributed by atoms with Gasteiger partial charge in [-0.15, -0.1) is 13.2 Å². The van der Waals surface area contributed by atoms with Gasteiger partial charge in [0, 0.05) is 18.5 Å². The van der Waals surface area contributed by atoms with Crippen LogP contribution >= 0.6 is 0 Å². The van der Waals surface area contributed by atoms with E-state index in [-0.39, 0.29) is 11.9 Å². The lowest BCUT2D eigenvalue weighted by atomic mass is 9.62. The van der Waals surface area contributed by atoms with Crippen molar-refractivity contribution in [2.24, 2.45) is 5.41 Å². The summed E-state index contributed by atoms with van der Waals surface area (Å²) in [7, 11) is 1.96. The molecule has 0 aliphatic carbocycles. The van der Waals surface area contributed by atoms with Crippen molar-refractivity contribution in [3.8, 4) is 11.5 Å². The number of benzene rings is 2. The van der Waals surface area contributed by atoms with Crippen molar-refractivity contribution in [1.82, 2.24) is 4.90 Å². The summed E-state index contributed by atoms with van der Waals surface area (Å²) in [6, 6.07) is 12.7. The third-order valence-electron chi connectivity index (χ3n) is 5.26. The molecule has 2 aromatic rings. The molecule has 0 saturated carbocycles. The Bertz CT molecular complexity index is 828. The molecule has 0 bridgehead atoms. The second-order valence-electron chi connectivity index (χ2n) is 8.21. The molecule has 1 saturated heterocycles. The minimum absolute atomic E-state index is 0.0266. The highest BCUT2D eigenvalue weighted by molar-refractivity contribution is 5.44. The first-order chi connectivity index (χ1) is 13.4. The summed E-state index contributed by atoms with van der Waals surface area (Å²) in [5.74, 6) is 0.371. The van der Waals surface area contributed by atoms with Crippen molar-refractivity contribution in [3.63, 3.8) is 0 Å². The fourth-order valence-corrected chi connectivity index (χ4v) is 4.18. The zero-order valence-electron chi connectivity index (χ0n) is 17.0. The molecule has 29 heavy (non-hydrogen) atoms. The number of likely N-dealkylation sites (tertiary alicyclic amines) is 1. The van der Waals surface area contributed by atoms with E-state index >= 15 is 0 Å². The molecule has 0 aromatic heterocycles. The number of hydrogen-bond acceptors (Lipinski definition) is 4. The number of nitrogens with zero attached hydrogens (tertiary/aromatic N) is 1. The van der Waals surface area contributed by atoms with Crippen molar-refractivity contribution >= 4 is 0 Å². The van der Waals surface area contributed by atoms with Gasteiger partial charge in [-0.3, -0.25) is 0 Å². The van der Waals surface area contributed by atoms with Gasteiger partial charge in [-0.1, -0.05) is 31.2 Å². The first-order valence-corrected chi connectivity index (χ1v) is 9.47. The molecule has 0 spiro atoms. The number of ether oxygens (including phenoxy) is 2. The molecule has 1 unspecified atom stereocenters. The standard InChI is InChI=1S/C22H26F3NO3/c1-15(2)28-18-9-5-16(6-10-18)21(27,20(3)13-26(4)14-20)17-7-11-19(12-8-17)29-22(23,24)25/h5-12,15,27H,13-14H2,1-4H3. The van der Waals surface area contributed by atoms with E-state index in [0.717, 1.165) is 0 Å². The van der Waals surface area contributed by atoms with Crippen LogP contribution in [0.1, 0.15) is 31.9 Å². The van der Waals surface area contributed by atoms with E-state index in [1.54, 1.807) is 24.3 Å². The molecule has 1 heterocycles. The van der Waals surface area contributed by atoms with Crippen molar-refractivity contribution in [2.75, 3.05) is 20.1 Å². The monoisotopic (exact) mass is 409 g/mol. The van der Waals surface area contributed by atoms with Gasteiger partial charge >= 0.3 is 6.36 Å². The lowest BCUT2D eigenvalue weighted by molar-refractivity contribution is -0.274. The molecular formula is C22H26F3NO3. The molecule has 0 amide bonds. The second kappa shape index (κ2) is 7.54. The van der Waals surface area contributed by atoms with Gasteiger partial charge in [0.1, 0.15) is 17.1 Å². The minimum atomic E-state index is -4.76. The Morgan fingerprint density at radius 3 is 1.76 bits per heavy atom. The normalized spacial score (nSPS) is 18.8. The number of aliphatic hydroxyl groups is 1. The predicted octanol–water partition coefficient (Wildman–Crippen LogP) is 4.56. The fraction of sp³-hybridized carbons (Fsp3) is 0.455. The van der Waals surface area contributed by atoms with Gasteiger partial charge in [0.25, 0.3) is 0 Å². The predicted molar refractivity (Wildman–Crippen MR) is 104 cm³/mol. The van der Waals surface area contributed by atoms with E-state index in [0.29, 0.717) is 30.0 Å². The van der Waals surface area contributed by atoms with Crippen molar-refractivity contribution < 1.29 is 27.8 Å². The lowest BCUT2D eigenvalue weighted by Gasteiger charge is -2.56. The van der Waals surface area contributed by atoms with Gasteiger partial charge in [0.2, 0.25) is 0 Å². The van der Waals surface area contributed by atoms with Gasteiger partial charge in [-0.2, -0.15) is 0 Å². The SMILES string of the molecule is CC(C)Oc1ccc(C(O)(c2ccc(OC(F)(F)F)cc2)C2(C)CN(C)C2)cc1. The van der Waals surface area contributed by atoms with E-state index in [4.69, 9.17) is 4.74 Å². The first kappa shape index (κ1) is 21.5. The molecule has 1 aliphatic rings. The van der Waals surface area contributed by atoms with E-state index in [2.05, 4.69) is 9.64 Å². The first-order valence-electron chi connectivity index (χ1n) is 9.47. The van der Waals surface area contributed by atoms with Crippen molar-refractivity contribution in [1.29, 1.82) is 0 Å². The Hall–Kier alpha value is -2.25. The molecule has 1 N–H and O–H groups in total. The summed E-state index contributed by atoms with van der Waals surface area (Å²) in [4.78, 5) is 2.09. The molecule has 1 fully saturated rings. The largest absolute Gasteiger partial charge is 0.573 e. The van der Waals surface area contributed by atoms with Crippen LogP contribution in [0.25, 0.3) is 0 Å². The summed E-state index contributed by atoms with van der Waals surface area (Å²) >= 11 is 0. The maximum atomic E-state index is 12.5. The summed E-state index contributed by atoms with van der Waals surface area (Å²) < 4.78 is 47.1. The highest BCUT2D eigenvalue weighted by Gasteiger charge is 2.55. The van der Waals surface area contributed by atoms with Gasteiger partial charge in [-0.05, 0) is 56.3 Å². The highest BCUT2D eigenvalue weighted by Crippen LogP contribution is 2.50. The number of halogens is 3. The number of hydrogen-bond donors (Lipinski definition) is 1. The third-order valence-corrected chi connectivity index (χ3v) is 5.26. The summed E-state index contributed by atoms with van der Waals surface area (Å²) in [6.45, 7) is 7.13. The van der Waals surface area contributed by atoms with Crippen molar-refractivity contribution in [3.05, 3.63) is 59.7 Å². The average Bonchev–Trinajstić information content (AvgIpc) is 2.59. The van der Waals surface area contributed by atoms with E-state index < -0.39 is 17.4 Å². The number of alkyl halides is 3. The van der Waals surface area contributed by atoms with Gasteiger partial charge in [0.15, 0.2) is 0 Å². The smallest absolute Gasteiger partial charge is 0.491 e. The van der Waals surface area contributed by atoms with Crippen LogP contribution in [-0.4, -0.2) is 42.6 Å². The van der Waals surface area contributed by atoms with E-state index in [9.17, 15) is 18.3 Å². The van der Waals surface area contributed by atoms with Gasteiger partial charge < -0.3 is 19.5 Å². The van der Waals surface area contributed by atoms with Crippen LogP contribution in [0, 0.1) is 5.41 Å². The van der Waals surface area contributed by atoms with Gasteiger partial charge in [-0.25, -0.2) is 0 Å². The molecule has 3 rings (SSSR count). The number of rotatable bonds is 6. The topological polar surface area (TPSA) is 41.9 Å². The van der Waals surface area contributed by atoms with Crippen LogP contribution in [0.3, 0.4) is 0 Å². The van der Waals surface area contributed by atoms with E-state index in [1.165, 1.54) is 24.3 Å². The Morgan fingerprint density at radius 1 is 0.931 bits per heavy atom. The quantitative estimate of drug-likeness (QED) is 0.760. The maximum absolute atomic E-state index is 12.5. The molecule has 1 aliphatic heterocycles. The zero-order chi connectivity index (χ0) is 21.4. The van der Waals surface area contributed by atoms with E-state index in [1.807, 2.05) is 27.8 Å². The third kappa shape index (κ3) is 4.36. The second-order valence-corrected chi connectivity index (χ2v) is 8.21. The Balaban J connectivity index is 1.99. The molecule has 158 valence electrons. The van der Waals surface area contributed by atoms with Crippen molar-refractivity contribution in [2.45, 2.75) is 38.8 Å². The minimum Gasteiger partial charge on any atom is -0.491 e. The van der Waals surface area contributed by atoms with Crippen LogP contribution < -0.4 is 9.47 Å². The fourth-order valence-electron chi connectivity index (χ4n) is 4.18. The molecule has 0 radical (unpaired) electrons. The summed E-state index contributed by atoms with van der Waals surface area (Å²) in [5, 5.41) is 11.9.